The first kappa shape index (κ1) is 20.2. The van der Waals surface area contributed by atoms with Crippen LogP contribution >= 0.6 is 0 Å². The molecule has 6 nitrogen and oxygen atoms in total. The molecule has 2 aromatic rings. The van der Waals surface area contributed by atoms with Crippen molar-refractivity contribution in [2.45, 2.75) is 32.9 Å². The molecule has 27 heavy (non-hydrogen) atoms. The summed E-state index contributed by atoms with van der Waals surface area (Å²) in [5.74, 6) is -0.183. The number of halogens is 1. The van der Waals surface area contributed by atoms with Gasteiger partial charge in [0.15, 0.2) is 0 Å². The highest BCUT2D eigenvalue weighted by atomic mass is 19.1. The summed E-state index contributed by atoms with van der Waals surface area (Å²) in [6.45, 7) is 4.97. The third-order valence-electron chi connectivity index (χ3n) is 4.01. The Morgan fingerprint density at radius 1 is 1.07 bits per heavy atom. The Morgan fingerprint density at radius 2 is 1.74 bits per heavy atom. The molecule has 7 heteroatoms. The van der Waals surface area contributed by atoms with Crippen LogP contribution in [0.2, 0.25) is 0 Å². The van der Waals surface area contributed by atoms with Gasteiger partial charge in [-0.15, -0.1) is 0 Å². The summed E-state index contributed by atoms with van der Waals surface area (Å²) < 4.78 is 18.3. The quantitative estimate of drug-likeness (QED) is 0.694. The minimum absolute atomic E-state index is 0.190. The summed E-state index contributed by atoms with van der Waals surface area (Å²) in [5.41, 5.74) is 1.99. The minimum Gasteiger partial charge on any atom is -0.495 e. The fourth-order valence-electron chi connectivity index (χ4n) is 2.57. The fraction of sp³-hybridized carbons (Fsp3) is 0.300. The van der Waals surface area contributed by atoms with Crippen LogP contribution in [-0.2, 0) is 9.59 Å². The number of anilines is 2. The zero-order valence-electron chi connectivity index (χ0n) is 15.8. The lowest BCUT2D eigenvalue weighted by Crippen LogP contribution is -2.39. The van der Waals surface area contributed by atoms with E-state index in [4.69, 9.17) is 4.74 Å². The maximum absolute atomic E-state index is 13.0. The number of ether oxygens (including phenoxy) is 1. The number of nitrogens with one attached hydrogen (secondary N) is 3. The van der Waals surface area contributed by atoms with E-state index >= 15 is 0 Å². The third-order valence-corrected chi connectivity index (χ3v) is 4.01. The second kappa shape index (κ2) is 9.02. The van der Waals surface area contributed by atoms with E-state index in [0.29, 0.717) is 17.1 Å². The Labute approximate surface area is 158 Å². The number of hydrogen-bond donors (Lipinski definition) is 3. The van der Waals surface area contributed by atoms with Crippen molar-refractivity contribution in [1.29, 1.82) is 0 Å². The molecule has 0 bridgehead atoms. The highest BCUT2D eigenvalue weighted by Gasteiger charge is 2.18. The Balaban J connectivity index is 2.06. The van der Waals surface area contributed by atoms with E-state index in [1.54, 1.807) is 37.3 Å². The number of rotatable bonds is 7. The van der Waals surface area contributed by atoms with Gasteiger partial charge in [-0.25, -0.2) is 4.39 Å². The van der Waals surface area contributed by atoms with Crippen molar-refractivity contribution < 1.29 is 18.7 Å². The van der Waals surface area contributed by atoms with Crippen molar-refractivity contribution in [2.24, 2.45) is 0 Å². The highest BCUT2D eigenvalue weighted by Crippen LogP contribution is 2.28. The minimum atomic E-state index is -0.561. The summed E-state index contributed by atoms with van der Waals surface area (Å²) >= 11 is 0. The lowest BCUT2D eigenvalue weighted by atomic mass is 10.1. The molecule has 3 N–H and O–H groups in total. The van der Waals surface area contributed by atoms with Crippen molar-refractivity contribution in [3.8, 4) is 5.75 Å². The van der Waals surface area contributed by atoms with E-state index in [2.05, 4.69) is 16.0 Å². The van der Waals surface area contributed by atoms with E-state index in [0.717, 1.165) is 5.56 Å². The molecule has 0 unspecified atom stereocenters. The Bertz CT molecular complexity index is 809. The molecule has 144 valence electrons. The van der Waals surface area contributed by atoms with Gasteiger partial charge in [-0.1, -0.05) is 12.1 Å². The van der Waals surface area contributed by atoms with Crippen LogP contribution < -0.4 is 20.7 Å². The Morgan fingerprint density at radius 3 is 2.33 bits per heavy atom. The van der Waals surface area contributed by atoms with Crippen LogP contribution in [-0.4, -0.2) is 25.0 Å². The smallest absolute Gasteiger partial charge is 0.242 e. The van der Waals surface area contributed by atoms with Crippen molar-refractivity contribution >= 4 is 23.2 Å². The molecule has 0 fully saturated rings. The molecule has 2 atom stereocenters. The van der Waals surface area contributed by atoms with Crippen LogP contribution in [0, 0.1) is 5.82 Å². The number of carbonyl (C=O) groups is 2. The molecule has 0 spiro atoms. The average molecular weight is 373 g/mol. The predicted molar refractivity (Wildman–Crippen MR) is 103 cm³/mol. The Kier molecular flexibility index (Phi) is 6.76. The second-order valence-electron chi connectivity index (χ2n) is 6.24. The molecule has 0 aliphatic heterocycles. The van der Waals surface area contributed by atoms with E-state index in [1.807, 2.05) is 6.92 Å². The predicted octanol–water partition coefficient (Wildman–Crippen LogP) is 3.47. The van der Waals surface area contributed by atoms with Crippen molar-refractivity contribution in [2.75, 3.05) is 17.7 Å². The van der Waals surface area contributed by atoms with Crippen molar-refractivity contribution in [3.63, 3.8) is 0 Å². The number of hydrogen-bond acceptors (Lipinski definition) is 4. The van der Waals surface area contributed by atoms with Gasteiger partial charge in [-0.2, -0.15) is 0 Å². The molecule has 0 aliphatic carbocycles. The van der Waals surface area contributed by atoms with E-state index < -0.39 is 6.04 Å². The van der Waals surface area contributed by atoms with Gasteiger partial charge in [0.05, 0.1) is 18.8 Å². The number of amides is 2. The normalized spacial score (nSPS) is 12.6. The zero-order valence-corrected chi connectivity index (χ0v) is 15.8. The molecule has 2 amide bonds. The highest BCUT2D eigenvalue weighted by molar-refractivity contribution is 5.90. The van der Waals surface area contributed by atoms with Gasteiger partial charge in [-0.05, 0) is 49.7 Å². The summed E-state index contributed by atoms with van der Waals surface area (Å²) in [6, 6.07) is 10.3. The van der Waals surface area contributed by atoms with Crippen molar-refractivity contribution in [1.82, 2.24) is 5.32 Å². The summed E-state index contributed by atoms with van der Waals surface area (Å²) in [6.07, 6.45) is 0. The van der Waals surface area contributed by atoms with Gasteiger partial charge >= 0.3 is 0 Å². The lowest BCUT2D eigenvalue weighted by Gasteiger charge is -2.21. The fourth-order valence-corrected chi connectivity index (χ4v) is 2.57. The van der Waals surface area contributed by atoms with Gasteiger partial charge in [0, 0.05) is 12.6 Å². The number of carbonyl (C=O) groups excluding carboxylic acids is 2. The largest absolute Gasteiger partial charge is 0.495 e. The topological polar surface area (TPSA) is 79.5 Å². The lowest BCUT2D eigenvalue weighted by molar-refractivity contribution is -0.122. The molecule has 0 radical (unpaired) electrons. The van der Waals surface area contributed by atoms with E-state index in [1.165, 1.54) is 26.2 Å². The molecule has 0 heterocycles. The molecule has 0 saturated carbocycles. The molecular weight excluding hydrogens is 349 g/mol. The zero-order chi connectivity index (χ0) is 20.0. The van der Waals surface area contributed by atoms with Gasteiger partial charge in [0.1, 0.15) is 17.6 Å². The van der Waals surface area contributed by atoms with Crippen molar-refractivity contribution in [3.05, 3.63) is 53.8 Å². The number of benzene rings is 2. The first-order valence-corrected chi connectivity index (χ1v) is 8.58. The Hall–Kier alpha value is -3.09. The summed E-state index contributed by atoms with van der Waals surface area (Å²) in [5, 5.41) is 8.67. The maximum atomic E-state index is 13.0. The average Bonchev–Trinajstić information content (AvgIpc) is 2.61. The van der Waals surface area contributed by atoms with Crippen LogP contribution in [0.1, 0.15) is 32.4 Å². The third kappa shape index (κ3) is 5.70. The summed E-state index contributed by atoms with van der Waals surface area (Å²) in [4.78, 5) is 23.7. The molecule has 2 rings (SSSR count). The van der Waals surface area contributed by atoms with Crippen LogP contribution in [0.4, 0.5) is 15.8 Å². The van der Waals surface area contributed by atoms with Gasteiger partial charge in [-0.3, -0.25) is 9.59 Å². The molecule has 0 aliphatic rings. The monoisotopic (exact) mass is 373 g/mol. The maximum Gasteiger partial charge on any atom is 0.242 e. The van der Waals surface area contributed by atoms with Gasteiger partial charge in [0.2, 0.25) is 11.8 Å². The van der Waals surface area contributed by atoms with Gasteiger partial charge < -0.3 is 20.7 Å². The van der Waals surface area contributed by atoms with Crippen LogP contribution in [0.25, 0.3) is 0 Å². The second-order valence-corrected chi connectivity index (χ2v) is 6.24. The molecule has 0 saturated heterocycles. The molecule has 2 aromatic carbocycles. The SMILES string of the molecule is COc1ccc(NC(C)=O)cc1N[C@H](C)C(=O)N[C@H](C)c1ccc(F)cc1. The van der Waals surface area contributed by atoms with Crippen LogP contribution in [0.3, 0.4) is 0 Å². The molecular formula is C20H24FN3O3. The van der Waals surface area contributed by atoms with Gasteiger partial charge in [0.25, 0.3) is 0 Å². The molecule has 0 aromatic heterocycles. The van der Waals surface area contributed by atoms with E-state index in [9.17, 15) is 14.0 Å². The van der Waals surface area contributed by atoms with Crippen LogP contribution in [0.15, 0.2) is 42.5 Å². The summed E-state index contributed by atoms with van der Waals surface area (Å²) in [7, 11) is 1.53. The standard InChI is InChI=1S/C20H24FN3O3/c1-12(15-5-7-16(21)8-6-15)23-20(26)13(2)22-18-11-17(24-14(3)25)9-10-19(18)27-4/h5-13,22H,1-4H3,(H,23,26)(H,24,25)/t12-,13-/m1/s1. The first-order chi connectivity index (χ1) is 12.8. The van der Waals surface area contributed by atoms with Crippen LogP contribution in [0.5, 0.6) is 5.75 Å². The van der Waals surface area contributed by atoms with E-state index in [-0.39, 0.29) is 23.7 Å². The number of methoxy groups -OCH3 is 1. The first-order valence-electron chi connectivity index (χ1n) is 8.58.